The summed E-state index contributed by atoms with van der Waals surface area (Å²) in [5, 5.41) is 16.6. The zero-order valence-corrected chi connectivity index (χ0v) is 16.9. The van der Waals surface area contributed by atoms with Crippen molar-refractivity contribution in [3.63, 3.8) is 0 Å². The number of amides is 1. The molecule has 1 amide bonds. The van der Waals surface area contributed by atoms with Crippen LogP contribution in [0.25, 0.3) is 0 Å². The van der Waals surface area contributed by atoms with Gasteiger partial charge in [0.1, 0.15) is 24.1 Å². The Morgan fingerprint density at radius 1 is 1.19 bits per heavy atom. The fraction of sp³-hybridized carbons (Fsp3) is 0.455. The van der Waals surface area contributed by atoms with E-state index in [0.29, 0.717) is 42.8 Å². The monoisotopic (exact) mass is 428 g/mol. The Balaban J connectivity index is 1.34. The number of nitrogens with zero attached hydrogens (tertiary/aromatic N) is 4. The quantitative estimate of drug-likeness (QED) is 0.790. The fourth-order valence-corrected chi connectivity index (χ4v) is 5.43. The van der Waals surface area contributed by atoms with E-state index in [2.05, 4.69) is 15.1 Å². The van der Waals surface area contributed by atoms with Gasteiger partial charge in [0.15, 0.2) is 0 Å². The van der Waals surface area contributed by atoms with E-state index < -0.39 is 29.2 Å². The first-order chi connectivity index (χ1) is 14.9. The topological polar surface area (TPSA) is 87.9 Å². The van der Waals surface area contributed by atoms with E-state index in [-0.39, 0.29) is 17.7 Å². The van der Waals surface area contributed by atoms with Crippen molar-refractivity contribution in [3.05, 3.63) is 53.5 Å². The van der Waals surface area contributed by atoms with Gasteiger partial charge >= 0.3 is 0 Å². The second-order valence-corrected chi connectivity index (χ2v) is 8.66. The fourth-order valence-electron chi connectivity index (χ4n) is 5.43. The minimum absolute atomic E-state index is 0.145. The van der Waals surface area contributed by atoms with Gasteiger partial charge in [0.05, 0.1) is 18.8 Å². The maximum absolute atomic E-state index is 13.7. The van der Waals surface area contributed by atoms with Crippen LogP contribution in [0.1, 0.15) is 49.1 Å². The molecule has 0 radical (unpaired) electrons. The first-order valence-corrected chi connectivity index (χ1v) is 10.3. The molecule has 2 heterocycles. The van der Waals surface area contributed by atoms with Crippen molar-refractivity contribution in [2.24, 2.45) is 22.4 Å². The number of fused-ring (bicyclic) bond motifs is 1. The van der Waals surface area contributed by atoms with Crippen molar-refractivity contribution in [1.82, 2.24) is 15.0 Å². The van der Waals surface area contributed by atoms with Crippen LogP contribution >= 0.6 is 0 Å². The molecule has 1 N–H and O–H groups in total. The number of ether oxygens (including phenoxy) is 1. The van der Waals surface area contributed by atoms with Crippen LogP contribution in [-0.4, -0.2) is 39.3 Å². The number of carbonyl (C=O) groups is 1. The number of carbonyl (C=O) groups excluding carboxylic acids is 1. The molecular formula is C22H22F2N4O3. The van der Waals surface area contributed by atoms with Crippen LogP contribution in [0.4, 0.5) is 8.78 Å². The van der Waals surface area contributed by atoms with Crippen molar-refractivity contribution in [3.8, 4) is 5.88 Å². The Bertz CT molecular complexity index is 1040. The highest BCUT2D eigenvalue weighted by molar-refractivity contribution is 5.83. The summed E-state index contributed by atoms with van der Waals surface area (Å²) < 4.78 is 32.5. The number of hydrazone groups is 1. The summed E-state index contributed by atoms with van der Waals surface area (Å²) in [5.74, 6) is -1.31. The van der Waals surface area contributed by atoms with E-state index in [1.807, 2.05) is 0 Å². The van der Waals surface area contributed by atoms with Gasteiger partial charge in [-0.3, -0.25) is 4.79 Å². The highest BCUT2D eigenvalue weighted by Gasteiger charge is 2.62. The molecule has 4 aliphatic rings. The summed E-state index contributed by atoms with van der Waals surface area (Å²) in [4.78, 5) is 21.5. The summed E-state index contributed by atoms with van der Waals surface area (Å²) in [6.45, 7) is 0. The molecule has 1 aromatic heterocycles. The average Bonchev–Trinajstić information content (AvgIpc) is 3.45. The molecule has 7 nitrogen and oxygen atoms in total. The van der Waals surface area contributed by atoms with E-state index >= 15 is 0 Å². The Morgan fingerprint density at radius 2 is 1.94 bits per heavy atom. The lowest BCUT2D eigenvalue weighted by atomic mass is 9.65. The van der Waals surface area contributed by atoms with E-state index in [9.17, 15) is 18.7 Å². The SMILES string of the molecule is COc1cc(C(O)C23CC(C2)C(C(=O)N2N=CCC2c2cc(F)cc(F)c2)C3)ncn1. The minimum atomic E-state index is -0.825. The first-order valence-electron chi connectivity index (χ1n) is 10.3. The molecule has 3 unspecified atom stereocenters. The number of aliphatic hydroxyl groups is 1. The maximum atomic E-state index is 13.7. The summed E-state index contributed by atoms with van der Waals surface area (Å²) >= 11 is 0. The molecule has 3 aliphatic carbocycles. The zero-order chi connectivity index (χ0) is 21.8. The van der Waals surface area contributed by atoms with Gasteiger partial charge in [0, 0.05) is 36.1 Å². The number of aliphatic hydroxyl groups excluding tert-OH is 1. The Morgan fingerprint density at radius 3 is 2.65 bits per heavy atom. The third-order valence-electron chi connectivity index (χ3n) is 6.91. The Hall–Kier alpha value is -2.94. The second kappa shape index (κ2) is 7.33. The molecule has 1 aliphatic heterocycles. The molecule has 2 aromatic rings. The van der Waals surface area contributed by atoms with Gasteiger partial charge in [-0.25, -0.2) is 23.8 Å². The number of hydrogen-bond donors (Lipinski definition) is 1. The van der Waals surface area contributed by atoms with Gasteiger partial charge in [0.2, 0.25) is 11.8 Å². The van der Waals surface area contributed by atoms with Crippen molar-refractivity contribution in [2.75, 3.05) is 7.11 Å². The summed E-state index contributed by atoms with van der Waals surface area (Å²) in [5.41, 5.74) is 0.441. The third-order valence-corrected chi connectivity index (χ3v) is 6.91. The first kappa shape index (κ1) is 20.0. The predicted octanol–water partition coefficient (Wildman–Crippen LogP) is 3.17. The van der Waals surface area contributed by atoms with E-state index in [0.717, 1.165) is 6.07 Å². The van der Waals surface area contributed by atoms with Gasteiger partial charge < -0.3 is 9.84 Å². The summed E-state index contributed by atoms with van der Waals surface area (Å²) in [6.07, 6.45) is 4.47. The summed E-state index contributed by atoms with van der Waals surface area (Å²) in [7, 11) is 1.50. The lowest BCUT2D eigenvalue weighted by molar-refractivity contribution is -0.138. The number of methoxy groups -OCH3 is 1. The smallest absolute Gasteiger partial charge is 0.246 e. The van der Waals surface area contributed by atoms with Crippen molar-refractivity contribution in [1.29, 1.82) is 0 Å². The molecule has 31 heavy (non-hydrogen) atoms. The van der Waals surface area contributed by atoms with Gasteiger partial charge in [-0.15, -0.1) is 0 Å². The number of rotatable bonds is 5. The molecule has 3 atom stereocenters. The molecule has 1 aromatic carbocycles. The second-order valence-electron chi connectivity index (χ2n) is 8.66. The van der Waals surface area contributed by atoms with Gasteiger partial charge in [-0.05, 0) is 42.9 Å². The molecule has 3 saturated carbocycles. The van der Waals surface area contributed by atoms with Crippen LogP contribution in [0.2, 0.25) is 0 Å². The van der Waals surface area contributed by atoms with Crippen molar-refractivity contribution >= 4 is 12.1 Å². The lowest BCUT2D eigenvalue weighted by Crippen LogP contribution is -2.36. The maximum Gasteiger partial charge on any atom is 0.246 e. The van der Waals surface area contributed by atoms with Crippen LogP contribution in [0.3, 0.4) is 0 Å². The molecule has 162 valence electrons. The molecular weight excluding hydrogens is 406 g/mol. The van der Waals surface area contributed by atoms with Gasteiger partial charge in [0.25, 0.3) is 0 Å². The molecule has 0 spiro atoms. The van der Waals surface area contributed by atoms with E-state index in [1.54, 1.807) is 12.3 Å². The van der Waals surface area contributed by atoms with Gasteiger partial charge in [-0.1, -0.05) is 0 Å². The highest BCUT2D eigenvalue weighted by Crippen LogP contribution is 2.67. The van der Waals surface area contributed by atoms with Crippen LogP contribution in [0.5, 0.6) is 5.88 Å². The highest BCUT2D eigenvalue weighted by atomic mass is 19.1. The minimum Gasteiger partial charge on any atom is -0.481 e. The largest absolute Gasteiger partial charge is 0.481 e. The molecule has 0 saturated heterocycles. The van der Waals surface area contributed by atoms with Crippen LogP contribution < -0.4 is 4.74 Å². The number of hydrogen-bond acceptors (Lipinski definition) is 6. The van der Waals surface area contributed by atoms with Gasteiger partial charge in [-0.2, -0.15) is 5.10 Å². The average molecular weight is 428 g/mol. The van der Waals surface area contributed by atoms with Crippen molar-refractivity contribution in [2.45, 2.75) is 37.8 Å². The predicted molar refractivity (Wildman–Crippen MR) is 106 cm³/mol. The number of aromatic nitrogens is 2. The number of benzene rings is 1. The van der Waals surface area contributed by atoms with E-state index in [1.165, 1.54) is 30.6 Å². The Labute approximate surface area is 177 Å². The number of halogens is 2. The molecule has 2 bridgehead atoms. The zero-order valence-electron chi connectivity index (χ0n) is 16.9. The van der Waals surface area contributed by atoms with Crippen LogP contribution in [0, 0.1) is 28.9 Å². The Kier molecular flexibility index (Phi) is 4.73. The van der Waals surface area contributed by atoms with Crippen molar-refractivity contribution < 1.29 is 23.4 Å². The molecule has 6 rings (SSSR count). The van der Waals surface area contributed by atoms with Crippen LogP contribution in [-0.2, 0) is 4.79 Å². The summed E-state index contributed by atoms with van der Waals surface area (Å²) in [6, 6.07) is 4.38. The van der Waals surface area contributed by atoms with E-state index in [4.69, 9.17) is 4.74 Å². The normalized spacial score (nSPS) is 29.7. The standard InChI is InChI=1S/C22H22F2N4O3/c1-31-19-7-17(25-11-26-19)20(29)22-8-13(9-22)16(10-22)21(30)28-18(2-3-27-28)12-4-14(23)6-15(24)5-12/h3-7,11,13,16,18,20,29H,2,8-10H2,1H3. The molecule has 9 heteroatoms. The van der Waals surface area contributed by atoms with Crippen LogP contribution in [0.15, 0.2) is 35.7 Å². The third kappa shape index (κ3) is 3.27. The lowest BCUT2D eigenvalue weighted by Gasteiger charge is -2.42. The molecule has 3 fully saturated rings.